The largest absolute Gasteiger partial charge is 0.299 e. The van der Waals surface area contributed by atoms with E-state index in [1.807, 2.05) is 6.92 Å². The highest BCUT2D eigenvalue weighted by Gasteiger charge is 2.17. The fraction of sp³-hybridized carbons (Fsp3) is 0.812. The van der Waals surface area contributed by atoms with Crippen LogP contribution in [0.15, 0.2) is 12.2 Å². The molecule has 1 aliphatic carbocycles. The predicted molar refractivity (Wildman–Crippen MR) is 74.1 cm³/mol. The quantitative estimate of drug-likeness (QED) is 0.613. The maximum atomic E-state index is 12.1. The van der Waals surface area contributed by atoms with E-state index < -0.39 is 0 Å². The normalized spacial score (nSPS) is 24.8. The maximum Gasteiger partial charge on any atom is 0.136 e. The van der Waals surface area contributed by atoms with Gasteiger partial charge in [0.05, 0.1) is 0 Å². The van der Waals surface area contributed by atoms with Crippen molar-refractivity contribution in [3.8, 4) is 0 Å². The molecule has 0 aromatic rings. The predicted octanol–water partition coefficient (Wildman–Crippen LogP) is 5.05. The van der Waals surface area contributed by atoms with Crippen LogP contribution in [0.1, 0.15) is 77.6 Å². The van der Waals surface area contributed by atoms with Crippen molar-refractivity contribution in [3.05, 3.63) is 12.2 Å². The summed E-state index contributed by atoms with van der Waals surface area (Å²) in [5.41, 5.74) is 1.16. The Morgan fingerprint density at radius 2 is 1.59 bits per heavy atom. The smallest absolute Gasteiger partial charge is 0.136 e. The highest BCUT2D eigenvalue weighted by atomic mass is 16.1. The fourth-order valence-electron chi connectivity index (χ4n) is 2.75. The third-order valence-corrected chi connectivity index (χ3v) is 3.78. The minimum atomic E-state index is 0.270. The Labute approximate surface area is 107 Å². The summed E-state index contributed by atoms with van der Waals surface area (Å²) in [4.78, 5) is 12.1. The molecule has 1 aliphatic rings. The molecule has 1 unspecified atom stereocenters. The van der Waals surface area contributed by atoms with Gasteiger partial charge in [-0.1, -0.05) is 50.5 Å². The number of allylic oxidation sites excluding steroid dienone is 1. The second-order valence-corrected chi connectivity index (χ2v) is 5.69. The lowest BCUT2D eigenvalue weighted by Crippen LogP contribution is -2.15. The van der Waals surface area contributed by atoms with Crippen LogP contribution < -0.4 is 0 Å². The van der Waals surface area contributed by atoms with Crippen molar-refractivity contribution in [2.24, 2.45) is 5.92 Å². The van der Waals surface area contributed by atoms with E-state index >= 15 is 0 Å². The van der Waals surface area contributed by atoms with Gasteiger partial charge in [0.1, 0.15) is 5.78 Å². The van der Waals surface area contributed by atoms with E-state index in [0.29, 0.717) is 5.78 Å². The Bertz CT molecular complexity index is 242. The first-order valence-corrected chi connectivity index (χ1v) is 7.37. The van der Waals surface area contributed by atoms with Gasteiger partial charge in [0.25, 0.3) is 0 Å². The molecule has 0 aromatic heterocycles. The molecule has 1 atom stereocenters. The zero-order chi connectivity index (χ0) is 12.5. The highest BCUT2D eigenvalue weighted by molar-refractivity contribution is 5.81. The summed E-state index contributed by atoms with van der Waals surface area (Å²) in [7, 11) is 0. The molecule has 0 radical (unpaired) electrons. The molecule has 0 spiro atoms. The molecule has 1 saturated carbocycles. The van der Waals surface area contributed by atoms with Gasteiger partial charge in [0.15, 0.2) is 0 Å². The zero-order valence-corrected chi connectivity index (χ0v) is 11.5. The fourth-order valence-corrected chi connectivity index (χ4v) is 2.75. The lowest BCUT2D eigenvalue weighted by atomic mass is 9.87. The van der Waals surface area contributed by atoms with Crippen molar-refractivity contribution in [1.82, 2.24) is 0 Å². The van der Waals surface area contributed by atoms with Crippen molar-refractivity contribution < 1.29 is 4.79 Å². The van der Waals surface area contributed by atoms with Crippen molar-refractivity contribution in [3.63, 3.8) is 0 Å². The van der Waals surface area contributed by atoms with Crippen LogP contribution in [0.2, 0.25) is 0 Å². The first kappa shape index (κ1) is 14.5. The van der Waals surface area contributed by atoms with Crippen LogP contribution in [-0.4, -0.2) is 5.78 Å². The van der Waals surface area contributed by atoms with Crippen LogP contribution in [-0.2, 0) is 4.79 Å². The highest BCUT2D eigenvalue weighted by Crippen LogP contribution is 2.23. The Kier molecular flexibility index (Phi) is 7.23. The molecule has 0 saturated heterocycles. The van der Waals surface area contributed by atoms with Crippen LogP contribution in [0.25, 0.3) is 0 Å². The molecule has 0 bridgehead atoms. The van der Waals surface area contributed by atoms with Gasteiger partial charge in [0.2, 0.25) is 0 Å². The minimum Gasteiger partial charge on any atom is -0.299 e. The molecule has 1 fully saturated rings. The van der Waals surface area contributed by atoms with Crippen molar-refractivity contribution in [2.45, 2.75) is 77.6 Å². The zero-order valence-electron chi connectivity index (χ0n) is 11.5. The molecule has 1 nitrogen and oxygen atoms in total. The number of hydrogen-bond acceptors (Lipinski definition) is 1. The van der Waals surface area contributed by atoms with E-state index in [4.69, 9.17) is 0 Å². The molecule has 1 heteroatoms. The Balaban J connectivity index is 2.45. The Morgan fingerprint density at radius 3 is 2.18 bits per heavy atom. The summed E-state index contributed by atoms with van der Waals surface area (Å²) in [5.74, 6) is 0.764. The molecule has 0 N–H and O–H groups in total. The van der Waals surface area contributed by atoms with E-state index in [1.165, 1.54) is 44.9 Å². The van der Waals surface area contributed by atoms with Gasteiger partial charge in [-0.15, -0.1) is 6.58 Å². The second-order valence-electron chi connectivity index (χ2n) is 5.69. The summed E-state index contributed by atoms with van der Waals surface area (Å²) >= 11 is 0. The van der Waals surface area contributed by atoms with E-state index in [9.17, 15) is 4.79 Å². The van der Waals surface area contributed by atoms with Crippen LogP contribution in [0.5, 0.6) is 0 Å². The van der Waals surface area contributed by atoms with Crippen molar-refractivity contribution >= 4 is 5.78 Å². The number of hydrogen-bond donors (Lipinski definition) is 0. The number of Topliss-reactive ketones (excluding diaryl/α,β-unsaturated/α-hetero) is 1. The van der Waals surface area contributed by atoms with E-state index in [1.54, 1.807) is 0 Å². The average molecular weight is 236 g/mol. The van der Waals surface area contributed by atoms with Crippen molar-refractivity contribution in [1.29, 1.82) is 0 Å². The molecular weight excluding hydrogens is 208 g/mol. The number of ketones is 1. The number of carbonyl (C=O) groups is 1. The summed E-state index contributed by atoms with van der Waals surface area (Å²) < 4.78 is 0. The lowest BCUT2D eigenvalue weighted by molar-refractivity contribution is -0.123. The first-order valence-electron chi connectivity index (χ1n) is 7.37. The molecule has 0 heterocycles. The molecule has 0 aromatic carbocycles. The SMILES string of the molecule is C=C(C)CC1CCCCCCCCCCC1=O. The van der Waals surface area contributed by atoms with Crippen LogP contribution in [0.4, 0.5) is 0 Å². The summed E-state index contributed by atoms with van der Waals surface area (Å²) in [6, 6.07) is 0. The molecule has 0 aliphatic heterocycles. The first-order chi connectivity index (χ1) is 8.20. The number of rotatable bonds is 2. The van der Waals surface area contributed by atoms with E-state index in [0.717, 1.165) is 31.3 Å². The molecule has 0 amide bonds. The molecule has 1 rings (SSSR count). The molecule has 98 valence electrons. The van der Waals surface area contributed by atoms with Gasteiger partial charge in [-0.05, 0) is 26.2 Å². The van der Waals surface area contributed by atoms with Gasteiger partial charge in [0, 0.05) is 12.3 Å². The van der Waals surface area contributed by atoms with Crippen molar-refractivity contribution in [2.75, 3.05) is 0 Å². The van der Waals surface area contributed by atoms with Gasteiger partial charge in [-0.2, -0.15) is 0 Å². The summed E-state index contributed by atoms with van der Waals surface area (Å²) in [5, 5.41) is 0. The Morgan fingerprint density at radius 1 is 1.06 bits per heavy atom. The summed E-state index contributed by atoms with van der Waals surface area (Å²) in [6.07, 6.45) is 13.1. The van der Waals surface area contributed by atoms with Crippen LogP contribution in [0.3, 0.4) is 0 Å². The third kappa shape index (κ3) is 6.65. The summed E-state index contributed by atoms with van der Waals surface area (Å²) in [6.45, 7) is 6.01. The topological polar surface area (TPSA) is 17.1 Å². The van der Waals surface area contributed by atoms with Gasteiger partial charge < -0.3 is 0 Å². The van der Waals surface area contributed by atoms with Crippen LogP contribution >= 0.6 is 0 Å². The molecular formula is C16H28O. The third-order valence-electron chi connectivity index (χ3n) is 3.78. The monoisotopic (exact) mass is 236 g/mol. The number of carbonyl (C=O) groups excluding carboxylic acids is 1. The Hall–Kier alpha value is -0.590. The minimum absolute atomic E-state index is 0.270. The van der Waals surface area contributed by atoms with Crippen LogP contribution in [0, 0.1) is 5.92 Å². The molecule has 17 heavy (non-hydrogen) atoms. The maximum absolute atomic E-state index is 12.1. The van der Waals surface area contributed by atoms with Gasteiger partial charge >= 0.3 is 0 Å². The lowest BCUT2D eigenvalue weighted by Gasteiger charge is -2.16. The average Bonchev–Trinajstić information content (AvgIpc) is 2.27. The van der Waals surface area contributed by atoms with E-state index in [-0.39, 0.29) is 5.92 Å². The van der Waals surface area contributed by atoms with E-state index in [2.05, 4.69) is 6.58 Å². The second kappa shape index (κ2) is 8.49. The van der Waals surface area contributed by atoms with Gasteiger partial charge in [-0.25, -0.2) is 0 Å². The standard InChI is InChI=1S/C16H28O/c1-14(2)13-15-11-9-7-5-3-4-6-8-10-12-16(15)17/h15H,1,3-13H2,2H3. The van der Waals surface area contributed by atoms with Gasteiger partial charge in [-0.3, -0.25) is 4.79 Å².